The van der Waals surface area contributed by atoms with Gasteiger partial charge in [-0.2, -0.15) is 0 Å². The average Bonchev–Trinajstić information content (AvgIpc) is 3.22. The van der Waals surface area contributed by atoms with Gasteiger partial charge >= 0.3 is 5.97 Å². The van der Waals surface area contributed by atoms with E-state index in [0.717, 1.165) is 41.5 Å². The number of carbonyl (C=O) groups is 2. The van der Waals surface area contributed by atoms with Crippen LogP contribution in [0.5, 0.6) is 0 Å². The van der Waals surface area contributed by atoms with Crippen molar-refractivity contribution in [3.63, 3.8) is 0 Å². The second-order valence-corrected chi connectivity index (χ2v) is 7.94. The number of fused-ring (bicyclic) bond motifs is 1. The molecule has 1 saturated carbocycles. The Bertz CT molecular complexity index is 820. The number of hydrogen-bond acceptors (Lipinski definition) is 4. The van der Waals surface area contributed by atoms with Gasteiger partial charge in [-0.3, -0.25) is 4.79 Å². The number of ketones is 1. The Labute approximate surface area is 165 Å². The van der Waals surface area contributed by atoms with Crippen LogP contribution in [-0.2, 0) is 20.7 Å². The van der Waals surface area contributed by atoms with E-state index in [4.69, 9.17) is 9.84 Å². The van der Waals surface area contributed by atoms with Gasteiger partial charge in [-0.1, -0.05) is 30.4 Å². The smallest absolute Gasteiger partial charge is 0.331 e. The zero-order valence-corrected chi connectivity index (χ0v) is 16.5. The van der Waals surface area contributed by atoms with E-state index in [0.29, 0.717) is 19.6 Å². The summed E-state index contributed by atoms with van der Waals surface area (Å²) in [7, 11) is 0. The lowest BCUT2D eigenvalue weighted by Gasteiger charge is -2.20. The first-order chi connectivity index (χ1) is 13.4. The summed E-state index contributed by atoms with van der Waals surface area (Å²) in [6, 6.07) is 6.05. The van der Waals surface area contributed by atoms with Gasteiger partial charge in [-0.05, 0) is 61.3 Å². The molecular formula is C23H28O5. The largest absolute Gasteiger partial charge is 0.478 e. The summed E-state index contributed by atoms with van der Waals surface area (Å²) >= 11 is 0. The number of hydrogen-bond donors (Lipinski definition) is 2. The third-order valence-electron chi connectivity index (χ3n) is 5.77. The molecule has 3 rings (SSSR count). The molecule has 0 amide bonds. The standard InChI is InChI=1S/C23H28O5/c1-14(3-4-15(2)23(26)27)12-28-13-18-7-10-21(25)22(18)17-5-8-19-16(11-17)6-9-20(19)24/h3-5,8,11,18,20,22,24H,6-7,9-10,12-13H2,1-2H3,(H,26,27)/b14-3+,15-4+. The fourth-order valence-corrected chi connectivity index (χ4v) is 4.12. The van der Waals surface area contributed by atoms with Crippen molar-refractivity contribution in [3.8, 4) is 0 Å². The maximum atomic E-state index is 12.5. The number of Topliss-reactive ketones (excluding diaryl/α,β-unsaturated/α-hetero) is 1. The molecule has 0 aliphatic heterocycles. The quantitative estimate of drug-likeness (QED) is 0.553. The lowest BCUT2D eigenvalue weighted by molar-refractivity contribution is -0.132. The van der Waals surface area contributed by atoms with Crippen LogP contribution in [-0.4, -0.2) is 35.2 Å². The maximum absolute atomic E-state index is 12.5. The number of aliphatic hydroxyl groups excluding tert-OH is 1. The summed E-state index contributed by atoms with van der Waals surface area (Å²) in [5.41, 5.74) is 4.41. The highest BCUT2D eigenvalue weighted by Gasteiger charge is 2.36. The number of aliphatic carboxylic acids is 1. The number of carboxylic acids is 1. The zero-order chi connectivity index (χ0) is 20.3. The molecule has 2 aliphatic carbocycles. The monoisotopic (exact) mass is 384 g/mol. The Kier molecular flexibility index (Phi) is 6.47. The molecule has 0 radical (unpaired) electrons. The molecule has 2 aliphatic rings. The number of carboxylic acid groups (broad SMARTS) is 1. The molecule has 28 heavy (non-hydrogen) atoms. The summed E-state index contributed by atoms with van der Waals surface area (Å²) in [6.45, 7) is 4.37. The van der Waals surface area contributed by atoms with Crippen molar-refractivity contribution in [1.82, 2.24) is 0 Å². The van der Waals surface area contributed by atoms with E-state index >= 15 is 0 Å². The number of ether oxygens (including phenoxy) is 1. The molecule has 5 heteroatoms. The Hall–Kier alpha value is -2.24. The number of benzene rings is 1. The van der Waals surface area contributed by atoms with Crippen LogP contribution in [0, 0.1) is 5.92 Å². The van der Waals surface area contributed by atoms with Crippen molar-refractivity contribution in [2.75, 3.05) is 13.2 Å². The summed E-state index contributed by atoms with van der Waals surface area (Å²) < 4.78 is 5.84. The highest BCUT2D eigenvalue weighted by molar-refractivity contribution is 5.88. The first-order valence-corrected chi connectivity index (χ1v) is 9.85. The molecule has 0 heterocycles. The zero-order valence-electron chi connectivity index (χ0n) is 16.5. The predicted molar refractivity (Wildman–Crippen MR) is 106 cm³/mol. The third kappa shape index (κ3) is 4.59. The Balaban J connectivity index is 1.61. The predicted octanol–water partition coefficient (Wildman–Crippen LogP) is 3.72. The molecular weight excluding hydrogens is 356 g/mol. The number of rotatable bonds is 7. The minimum Gasteiger partial charge on any atom is -0.478 e. The molecule has 2 N–H and O–H groups in total. The van der Waals surface area contributed by atoms with Gasteiger partial charge in [0.05, 0.1) is 19.3 Å². The third-order valence-corrected chi connectivity index (χ3v) is 5.77. The van der Waals surface area contributed by atoms with E-state index in [9.17, 15) is 14.7 Å². The van der Waals surface area contributed by atoms with Crippen LogP contribution in [0.15, 0.2) is 41.5 Å². The van der Waals surface area contributed by atoms with Crippen molar-refractivity contribution in [2.24, 2.45) is 5.92 Å². The molecule has 0 spiro atoms. The van der Waals surface area contributed by atoms with Crippen LogP contribution < -0.4 is 0 Å². The maximum Gasteiger partial charge on any atom is 0.331 e. The molecule has 3 unspecified atom stereocenters. The van der Waals surface area contributed by atoms with Crippen LogP contribution >= 0.6 is 0 Å². The van der Waals surface area contributed by atoms with Crippen LogP contribution in [0.4, 0.5) is 0 Å². The summed E-state index contributed by atoms with van der Waals surface area (Å²) in [5, 5.41) is 18.9. The average molecular weight is 384 g/mol. The summed E-state index contributed by atoms with van der Waals surface area (Å²) in [6.07, 6.45) is 5.97. The Morgan fingerprint density at radius 1 is 1.21 bits per heavy atom. The normalized spacial score (nSPS) is 25.2. The lowest BCUT2D eigenvalue weighted by atomic mass is 9.87. The molecule has 1 aromatic rings. The van der Waals surface area contributed by atoms with Gasteiger partial charge < -0.3 is 14.9 Å². The van der Waals surface area contributed by atoms with Crippen LogP contribution in [0.3, 0.4) is 0 Å². The van der Waals surface area contributed by atoms with Crippen molar-refractivity contribution < 1.29 is 24.5 Å². The van der Waals surface area contributed by atoms with Gasteiger partial charge in [-0.25, -0.2) is 4.79 Å². The number of allylic oxidation sites excluding steroid dienone is 2. The first-order valence-electron chi connectivity index (χ1n) is 9.85. The van der Waals surface area contributed by atoms with E-state index < -0.39 is 5.97 Å². The minimum atomic E-state index is -0.931. The Morgan fingerprint density at radius 3 is 2.75 bits per heavy atom. The van der Waals surface area contributed by atoms with E-state index in [1.807, 2.05) is 19.1 Å². The van der Waals surface area contributed by atoms with E-state index in [-0.39, 0.29) is 29.3 Å². The van der Waals surface area contributed by atoms with E-state index in [1.54, 1.807) is 19.1 Å². The second-order valence-electron chi connectivity index (χ2n) is 7.94. The second kappa shape index (κ2) is 8.84. The van der Waals surface area contributed by atoms with Gasteiger partial charge in [0, 0.05) is 17.9 Å². The number of aryl methyl sites for hydroxylation is 1. The highest BCUT2D eigenvalue weighted by atomic mass is 16.5. The van der Waals surface area contributed by atoms with E-state index in [2.05, 4.69) is 6.07 Å². The minimum absolute atomic E-state index is 0.138. The topological polar surface area (TPSA) is 83.8 Å². The molecule has 3 atom stereocenters. The van der Waals surface area contributed by atoms with Crippen molar-refractivity contribution >= 4 is 11.8 Å². The fourth-order valence-electron chi connectivity index (χ4n) is 4.12. The van der Waals surface area contributed by atoms with Crippen LogP contribution in [0.1, 0.15) is 61.8 Å². The van der Waals surface area contributed by atoms with Gasteiger partial charge in [0.15, 0.2) is 0 Å². The molecule has 1 aromatic carbocycles. The highest BCUT2D eigenvalue weighted by Crippen LogP contribution is 2.40. The van der Waals surface area contributed by atoms with Gasteiger partial charge in [-0.15, -0.1) is 0 Å². The van der Waals surface area contributed by atoms with Gasteiger partial charge in [0.25, 0.3) is 0 Å². The van der Waals surface area contributed by atoms with E-state index in [1.165, 1.54) is 0 Å². The van der Waals surface area contributed by atoms with Crippen LogP contribution in [0.2, 0.25) is 0 Å². The number of aliphatic hydroxyl groups is 1. The van der Waals surface area contributed by atoms with Crippen molar-refractivity contribution in [3.05, 3.63) is 58.2 Å². The molecule has 5 nitrogen and oxygen atoms in total. The molecule has 1 fully saturated rings. The molecule has 0 saturated heterocycles. The van der Waals surface area contributed by atoms with Gasteiger partial charge in [0.1, 0.15) is 5.78 Å². The summed E-state index contributed by atoms with van der Waals surface area (Å²) in [5.74, 6) is -0.652. The number of carbonyl (C=O) groups excluding carboxylic acids is 1. The van der Waals surface area contributed by atoms with Gasteiger partial charge in [0.2, 0.25) is 0 Å². The fraction of sp³-hybridized carbons (Fsp3) is 0.478. The summed E-state index contributed by atoms with van der Waals surface area (Å²) in [4.78, 5) is 23.3. The van der Waals surface area contributed by atoms with Crippen LogP contribution in [0.25, 0.3) is 0 Å². The first kappa shape index (κ1) is 20.5. The Morgan fingerprint density at radius 2 is 2.00 bits per heavy atom. The molecule has 0 bridgehead atoms. The lowest BCUT2D eigenvalue weighted by Crippen LogP contribution is -2.18. The van der Waals surface area contributed by atoms with Crippen molar-refractivity contribution in [2.45, 2.75) is 51.6 Å². The molecule has 0 aromatic heterocycles. The SMILES string of the molecule is C/C(=C\C=C(/C)C(=O)O)COCC1CCC(=O)C1c1ccc2c(c1)CCC2O. The molecule has 150 valence electrons. The van der Waals surface area contributed by atoms with Crippen molar-refractivity contribution in [1.29, 1.82) is 0 Å².